The molecule has 1 fully saturated rings. The van der Waals surface area contributed by atoms with E-state index in [2.05, 4.69) is 17.0 Å². The number of ether oxygens (including phenoxy) is 1. The molecule has 0 saturated carbocycles. The topological polar surface area (TPSA) is 102 Å². The van der Waals surface area contributed by atoms with Crippen molar-refractivity contribution in [1.82, 2.24) is 4.72 Å². The Bertz CT molecular complexity index is 953. The first-order valence-corrected chi connectivity index (χ1v) is 10.6. The molecule has 2 aromatic rings. The molecule has 8 heteroatoms. The van der Waals surface area contributed by atoms with Crippen LogP contribution in [0.25, 0.3) is 0 Å². The fourth-order valence-electron chi connectivity index (χ4n) is 2.89. The number of sulfonamides is 1. The van der Waals surface area contributed by atoms with Crippen LogP contribution in [0.2, 0.25) is 0 Å². The second-order valence-electron chi connectivity index (χ2n) is 6.56. The molecule has 2 N–H and O–H groups in total. The monoisotopic (exact) mass is 402 g/mol. The Morgan fingerprint density at radius 1 is 1.11 bits per heavy atom. The summed E-state index contributed by atoms with van der Waals surface area (Å²) in [5.74, 6) is -0.845. The molecule has 0 aliphatic carbocycles. The predicted octanol–water partition coefficient (Wildman–Crippen LogP) is 2.49. The Morgan fingerprint density at radius 3 is 2.36 bits per heavy atom. The Hall–Kier alpha value is -2.71. The number of anilines is 1. The van der Waals surface area contributed by atoms with Crippen LogP contribution in [0.1, 0.15) is 35.7 Å². The quantitative estimate of drug-likeness (QED) is 0.693. The van der Waals surface area contributed by atoms with Gasteiger partial charge >= 0.3 is 5.97 Å². The largest absolute Gasteiger partial charge is 0.464 e. The van der Waals surface area contributed by atoms with Crippen molar-refractivity contribution < 1.29 is 22.7 Å². The summed E-state index contributed by atoms with van der Waals surface area (Å²) in [6.45, 7) is 2.30. The van der Waals surface area contributed by atoms with Crippen LogP contribution in [0.4, 0.5) is 5.69 Å². The van der Waals surface area contributed by atoms with Crippen molar-refractivity contribution in [3.63, 3.8) is 0 Å². The third kappa shape index (κ3) is 4.76. The molecule has 148 valence electrons. The van der Waals surface area contributed by atoms with Crippen LogP contribution >= 0.6 is 0 Å². The van der Waals surface area contributed by atoms with Gasteiger partial charge in [-0.25, -0.2) is 8.42 Å². The van der Waals surface area contributed by atoms with Crippen LogP contribution in [0.5, 0.6) is 0 Å². The van der Waals surface area contributed by atoms with Crippen molar-refractivity contribution in [3.05, 3.63) is 59.7 Å². The smallest absolute Gasteiger partial charge is 0.324 e. The van der Waals surface area contributed by atoms with Crippen molar-refractivity contribution in [1.29, 1.82) is 0 Å². The summed E-state index contributed by atoms with van der Waals surface area (Å²) in [6.07, 6.45) is 2.31. The molecule has 1 aliphatic heterocycles. The van der Waals surface area contributed by atoms with E-state index in [1.165, 1.54) is 29.8 Å². The molecule has 1 heterocycles. The minimum atomic E-state index is -3.85. The fraction of sp³-hybridized carbons (Fsp3) is 0.300. The Morgan fingerprint density at radius 2 is 1.79 bits per heavy atom. The maximum absolute atomic E-state index is 12.4. The number of aryl methyl sites for hydroxylation is 1. The standard InChI is InChI=1S/C20H22N2O5S/c1-2-3-14-4-6-15(7-5-14)19(23)21-16-8-10-17(11-9-16)28(25,26)22-18-12-13-27-20(18)24/h4-11,18,22H,2-3,12-13H2,1H3,(H,21,23)/t18-/m0/s1. The lowest BCUT2D eigenvalue weighted by atomic mass is 10.1. The van der Waals surface area contributed by atoms with Gasteiger partial charge in [0, 0.05) is 17.7 Å². The van der Waals surface area contributed by atoms with E-state index in [1.54, 1.807) is 12.1 Å². The zero-order valence-corrected chi connectivity index (χ0v) is 16.3. The molecular formula is C20H22N2O5S. The SMILES string of the molecule is CCCc1ccc(C(=O)Nc2ccc(S(=O)(=O)N[C@H]3CCOC3=O)cc2)cc1. The van der Waals surface area contributed by atoms with E-state index in [0.29, 0.717) is 17.7 Å². The summed E-state index contributed by atoms with van der Waals surface area (Å²) < 4.78 is 31.8. The molecule has 3 rings (SSSR count). The van der Waals surface area contributed by atoms with Gasteiger partial charge in [-0.15, -0.1) is 0 Å². The number of esters is 1. The molecule has 0 spiro atoms. The molecule has 0 bridgehead atoms. The molecule has 1 saturated heterocycles. The van der Waals surface area contributed by atoms with Gasteiger partial charge in [0.25, 0.3) is 5.91 Å². The third-order valence-electron chi connectivity index (χ3n) is 4.41. The van der Waals surface area contributed by atoms with Crippen molar-refractivity contribution in [3.8, 4) is 0 Å². The van der Waals surface area contributed by atoms with Gasteiger partial charge in [0.2, 0.25) is 10.0 Å². The summed E-state index contributed by atoms with van der Waals surface area (Å²) in [5, 5.41) is 2.74. The molecule has 0 radical (unpaired) electrons. The zero-order chi connectivity index (χ0) is 20.1. The Kier molecular flexibility index (Phi) is 6.11. The lowest BCUT2D eigenvalue weighted by Crippen LogP contribution is -2.37. The van der Waals surface area contributed by atoms with Crippen molar-refractivity contribution >= 4 is 27.6 Å². The number of carbonyl (C=O) groups excluding carboxylic acids is 2. The van der Waals surface area contributed by atoms with E-state index >= 15 is 0 Å². The highest BCUT2D eigenvalue weighted by atomic mass is 32.2. The Labute approximate surface area is 164 Å². The highest BCUT2D eigenvalue weighted by Gasteiger charge is 2.31. The first-order chi connectivity index (χ1) is 13.4. The highest BCUT2D eigenvalue weighted by molar-refractivity contribution is 7.89. The molecule has 0 aromatic heterocycles. The van der Waals surface area contributed by atoms with E-state index in [9.17, 15) is 18.0 Å². The summed E-state index contributed by atoms with van der Waals surface area (Å²) in [6, 6.07) is 12.3. The maximum Gasteiger partial charge on any atom is 0.324 e. The van der Waals surface area contributed by atoms with Gasteiger partial charge in [-0.3, -0.25) is 9.59 Å². The second-order valence-corrected chi connectivity index (χ2v) is 8.27. The lowest BCUT2D eigenvalue weighted by molar-refractivity contribution is -0.139. The lowest BCUT2D eigenvalue weighted by Gasteiger charge is -2.11. The van der Waals surface area contributed by atoms with E-state index < -0.39 is 22.0 Å². The number of cyclic esters (lactones) is 1. The van der Waals surface area contributed by atoms with Crippen molar-refractivity contribution in [2.24, 2.45) is 0 Å². The molecular weight excluding hydrogens is 380 g/mol. The molecule has 28 heavy (non-hydrogen) atoms. The summed E-state index contributed by atoms with van der Waals surface area (Å²) >= 11 is 0. The molecule has 1 aliphatic rings. The average Bonchev–Trinajstić information content (AvgIpc) is 3.07. The normalized spacial score (nSPS) is 16.6. The Balaban J connectivity index is 1.65. The molecule has 1 atom stereocenters. The average molecular weight is 402 g/mol. The minimum absolute atomic E-state index is 0.00844. The number of nitrogens with one attached hydrogen (secondary N) is 2. The maximum atomic E-state index is 12.4. The van der Waals surface area contributed by atoms with E-state index in [-0.39, 0.29) is 17.4 Å². The van der Waals surface area contributed by atoms with Gasteiger partial charge in [0.15, 0.2) is 0 Å². The van der Waals surface area contributed by atoms with Gasteiger partial charge < -0.3 is 10.1 Å². The van der Waals surface area contributed by atoms with Crippen LogP contribution < -0.4 is 10.0 Å². The number of hydrogen-bond acceptors (Lipinski definition) is 5. The molecule has 7 nitrogen and oxygen atoms in total. The van der Waals surface area contributed by atoms with E-state index in [0.717, 1.165) is 12.8 Å². The second kappa shape index (κ2) is 8.53. The number of hydrogen-bond donors (Lipinski definition) is 2. The minimum Gasteiger partial charge on any atom is -0.464 e. The molecule has 0 unspecified atom stereocenters. The summed E-state index contributed by atoms with van der Waals surface area (Å²) in [4.78, 5) is 23.8. The van der Waals surface area contributed by atoms with Crippen LogP contribution in [-0.2, 0) is 26.0 Å². The predicted molar refractivity (Wildman–Crippen MR) is 105 cm³/mol. The van der Waals surface area contributed by atoms with E-state index in [4.69, 9.17) is 4.74 Å². The van der Waals surface area contributed by atoms with Crippen LogP contribution in [0.15, 0.2) is 53.4 Å². The number of benzene rings is 2. The van der Waals surface area contributed by atoms with Gasteiger partial charge in [-0.1, -0.05) is 25.5 Å². The van der Waals surface area contributed by atoms with Crippen LogP contribution in [0, 0.1) is 0 Å². The first-order valence-electron chi connectivity index (χ1n) is 9.08. The van der Waals surface area contributed by atoms with Crippen LogP contribution in [0.3, 0.4) is 0 Å². The van der Waals surface area contributed by atoms with Crippen molar-refractivity contribution in [2.75, 3.05) is 11.9 Å². The third-order valence-corrected chi connectivity index (χ3v) is 5.90. The summed E-state index contributed by atoms with van der Waals surface area (Å²) in [5.41, 5.74) is 2.17. The molecule has 2 aromatic carbocycles. The van der Waals surface area contributed by atoms with Crippen molar-refractivity contribution in [2.45, 2.75) is 37.1 Å². The molecule has 1 amide bonds. The van der Waals surface area contributed by atoms with Gasteiger partial charge in [0.1, 0.15) is 6.04 Å². The van der Waals surface area contributed by atoms with E-state index in [1.807, 2.05) is 12.1 Å². The number of rotatable bonds is 7. The summed E-state index contributed by atoms with van der Waals surface area (Å²) in [7, 11) is -3.85. The van der Waals surface area contributed by atoms with Gasteiger partial charge in [-0.2, -0.15) is 4.72 Å². The highest BCUT2D eigenvalue weighted by Crippen LogP contribution is 2.17. The van der Waals surface area contributed by atoms with Gasteiger partial charge in [-0.05, 0) is 48.4 Å². The van der Waals surface area contributed by atoms with Crippen LogP contribution in [-0.4, -0.2) is 32.9 Å². The zero-order valence-electron chi connectivity index (χ0n) is 15.5. The first kappa shape index (κ1) is 20.0. The number of carbonyl (C=O) groups is 2. The fourth-order valence-corrected chi connectivity index (χ4v) is 4.11. The number of amides is 1. The van der Waals surface area contributed by atoms with Gasteiger partial charge in [0.05, 0.1) is 11.5 Å².